The van der Waals surface area contributed by atoms with Gasteiger partial charge in [-0.05, 0) is 25.9 Å². The van der Waals surface area contributed by atoms with Crippen LogP contribution in [0.15, 0.2) is 0 Å². The van der Waals surface area contributed by atoms with Crippen molar-refractivity contribution in [1.82, 2.24) is 4.90 Å². The van der Waals surface area contributed by atoms with Crippen LogP contribution in [0.25, 0.3) is 0 Å². The zero-order valence-corrected chi connectivity index (χ0v) is 13.4. The molecule has 0 amide bonds. The molecule has 4 atom stereocenters. The molecule has 0 radical (unpaired) electrons. The molecule has 6 nitrogen and oxygen atoms in total. The van der Waals surface area contributed by atoms with Crippen LogP contribution in [0.2, 0.25) is 0 Å². The van der Waals surface area contributed by atoms with Crippen molar-refractivity contribution in [2.24, 2.45) is 0 Å². The molecule has 5 N–H and O–H groups in total. The van der Waals surface area contributed by atoms with E-state index in [9.17, 15) is 20.4 Å². The third kappa shape index (κ3) is 8.70. The van der Waals surface area contributed by atoms with Crippen molar-refractivity contribution < 1.29 is 25.5 Å². The first-order valence-corrected chi connectivity index (χ1v) is 8.03. The Morgan fingerprint density at radius 1 is 0.762 bits per heavy atom. The quantitative estimate of drug-likeness (QED) is 0.300. The molecule has 0 heterocycles. The van der Waals surface area contributed by atoms with Crippen LogP contribution in [0, 0.1) is 0 Å². The monoisotopic (exact) mass is 307 g/mol. The van der Waals surface area contributed by atoms with Gasteiger partial charge < -0.3 is 30.4 Å². The first-order chi connectivity index (χ1) is 9.97. The Morgan fingerprint density at radius 2 is 1.29 bits per heavy atom. The number of unbranched alkanes of at least 4 members (excludes halogenated alkanes) is 3. The lowest BCUT2D eigenvalue weighted by molar-refractivity contribution is -0.119. The van der Waals surface area contributed by atoms with E-state index < -0.39 is 31.0 Å². The van der Waals surface area contributed by atoms with Crippen molar-refractivity contribution >= 4 is 0 Å². The average Bonchev–Trinajstić information content (AvgIpc) is 2.49. The third-order valence-electron chi connectivity index (χ3n) is 3.68. The van der Waals surface area contributed by atoms with E-state index in [1.165, 1.54) is 0 Å². The van der Waals surface area contributed by atoms with Crippen molar-refractivity contribution in [3.05, 3.63) is 0 Å². The summed E-state index contributed by atoms with van der Waals surface area (Å²) in [5, 5.41) is 47.5. The second-order valence-corrected chi connectivity index (χ2v) is 5.66. The minimum atomic E-state index is -1.55. The molecule has 0 aliphatic rings. The zero-order chi connectivity index (χ0) is 16.3. The van der Waals surface area contributed by atoms with E-state index in [1.54, 1.807) is 0 Å². The predicted octanol–water partition coefficient (Wildman–Crippen LogP) is -0.285. The summed E-state index contributed by atoms with van der Waals surface area (Å²) in [4.78, 5) is 2.07. The molecule has 0 rings (SSSR count). The molecule has 0 aliphatic carbocycles. The van der Waals surface area contributed by atoms with Gasteiger partial charge in [-0.25, -0.2) is 0 Å². The van der Waals surface area contributed by atoms with Gasteiger partial charge >= 0.3 is 0 Å². The summed E-state index contributed by atoms with van der Waals surface area (Å²) in [5.74, 6) is 0. The Balaban J connectivity index is 4.37. The standard InChI is InChI=1S/C15H33NO5/c1-3-5-7-9-16(8-6-4-2)10-12(18)14(20)15(21)13(19)11-17/h12-15,17-21H,3-11H2,1-2H3/t12-,13+,14+,15+/m0/s1. The van der Waals surface area contributed by atoms with Gasteiger partial charge in [0.25, 0.3) is 0 Å². The summed E-state index contributed by atoms with van der Waals surface area (Å²) >= 11 is 0. The van der Waals surface area contributed by atoms with E-state index in [1.807, 2.05) is 0 Å². The van der Waals surface area contributed by atoms with Gasteiger partial charge in [-0.2, -0.15) is 0 Å². The van der Waals surface area contributed by atoms with Gasteiger partial charge in [-0.1, -0.05) is 33.1 Å². The number of hydrogen-bond donors (Lipinski definition) is 5. The number of aliphatic hydroxyl groups excluding tert-OH is 5. The minimum Gasteiger partial charge on any atom is -0.394 e. The van der Waals surface area contributed by atoms with Gasteiger partial charge in [0, 0.05) is 6.54 Å². The Bertz CT molecular complexity index is 242. The maximum atomic E-state index is 10.0. The van der Waals surface area contributed by atoms with E-state index in [-0.39, 0.29) is 6.54 Å². The van der Waals surface area contributed by atoms with Crippen LogP contribution in [-0.2, 0) is 0 Å². The highest BCUT2D eigenvalue weighted by atomic mass is 16.4. The fraction of sp³-hybridized carbons (Fsp3) is 1.00. The molecule has 0 aliphatic heterocycles. The van der Waals surface area contributed by atoms with Crippen molar-refractivity contribution in [3.8, 4) is 0 Å². The van der Waals surface area contributed by atoms with E-state index in [0.717, 1.165) is 45.2 Å². The fourth-order valence-electron chi connectivity index (χ4n) is 2.20. The Labute approximate surface area is 128 Å². The number of aliphatic hydroxyl groups is 5. The lowest BCUT2D eigenvalue weighted by Gasteiger charge is -2.30. The molecule has 0 fully saturated rings. The van der Waals surface area contributed by atoms with Crippen LogP contribution in [-0.4, -0.2) is 81.1 Å². The highest BCUT2D eigenvalue weighted by molar-refractivity contribution is 4.82. The second kappa shape index (κ2) is 12.3. The molecule has 0 unspecified atom stereocenters. The third-order valence-corrected chi connectivity index (χ3v) is 3.68. The highest BCUT2D eigenvalue weighted by Gasteiger charge is 2.30. The molecule has 0 aromatic rings. The predicted molar refractivity (Wildman–Crippen MR) is 82.0 cm³/mol. The summed E-state index contributed by atoms with van der Waals surface area (Å²) in [7, 11) is 0. The molecule has 0 spiro atoms. The number of hydrogen-bond acceptors (Lipinski definition) is 6. The Hall–Kier alpha value is -0.240. The maximum absolute atomic E-state index is 10.0. The molecule has 21 heavy (non-hydrogen) atoms. The lowest BCUT2D eigenvalue weighted by atomic mass is 10.0. The van der Waals surface area contributed by atoms with Crippen LogP contribution in [0.1, 0.15) is 46.0 Å². The molecule has 0 aromatic carbocycles. The van der Waals surface area contributed by atoms with E-state index in [2.05, 4.69) is 18.7 Å². The molecule has 0 saturated heterocycles. The van der Waals surface area contributed by atoms with Crippen molar-refractivity contribution in [2.45, 2.75) is 70.4 Å². The molecular formula is C15H33NO5. The van der Waals surface area contributed by atoms with Crippen molar-refractivity contribution in [2.75, 3.05) is 26.2 Å². The molecule has 6 heteroatoms. The largest absolute Gasteiger partial charge is 0.394 e. The van der Waals surface area contributed by atoms with Gasteiger partial charge in [0.05, 0.1) is 12.7 Å². The van der Waals surface area contributed by atoms with E-state index in [0.29, 0.717) is 0 Å². The van der Waals surface area contributed by atoms with Crippen LogP contribution in [0.3, 0.4) is 0 Å². The number of nitrogens with zero attached hydrogens (tertiary/aromatic N) is 1. The zero-order valence-electron chi connectivity index (χ0n) is 13.4. The highest BCUT2D eigenvalue weighted by Crippen LogP contribution is 2.09. The van der Waals surface area contributed by atoms with Gasteiger partial charge in [-0.15, -0.1) is 0 Å². The van der Waals surface area contributed by atoms with Crippen LogP contribution in [0.5, 0.6) is 0 Å². The molecule has 0 aromatic heterocycles. The summed E-state index contributed by atoms with van der Waals surface area (Å²) in [5.41, 5.74) is 0. The second-order valence-electron chi connectivity index (χ2n) is 5.66. The van der Waals surface area contributed by atoms with Crippen LogP contribution >= 0.6 is 0 Å². The maximum Gasteiger partial charge on any atom is 0.111 e. The minimum absolute atomic E-state index is 0.250. The van der Waals surface area contributed by atoms with Crippen LogP contribution < -0.4 is 0 Å². The van der Waals surface area contributed by atoms with Crippen LogP contribution in [0.4, 0.5) is 0 Å². The number of rotatable bonds is 13. The first-order valence-electron chi connectivity index (χ1n) is 8.03. The SMILES string of the molecule is CCCCCN(CCCC)C[C@H](O)[C@@H](O)[C@H](O)[C@H](O)CO. The summed E-state index contributed by atoms with van der Waals surface area (Å²) < 4.78 is 0. The van der Waals surface area contributed by atoms with E-state index in [4.69, 9.17) is 5.11 Å². The first kappa shape index (κ1) is 20.8. The van der Waals surface area contributed by atoms with Crippen molar-refractivity contribution in [3.63, 3.8) is 0 Å². The van der Waals surface area contributed by atoms with Gasteiger partial charge in [0.2, 0.25) is 0 Å². The smallest absolute Gasteiger partial charge is 0.111 e. The van der Waals surface area contributed by atoms with Gasteiger partial charge in [-0.3, -0.25) is 0 Å². The average molecular weight is 307 g/mol. The molecule has 0 bridgehead atoms. The lowest BCUT2D eigenvalue weighted by Crippen LogP contribution is -2.50. The Morgan fingerprint density at radius 3 is 1.81 bits per heavy atom. The Kier molecular flexibility index (Phi) is 12.2. The van der Waals surface area contributed by atoms with Gasteiger partial charge in [0.15, 0.2) is 0 Å². The summed E-state index contributed by atoms with van der Waals surface area (Å²) in [6.07, 6.45) is -0.285. The summed E-state index contributed by atoms with van der Waals surface area (Å²) in [6, 6.07) is 0. The summed E-state index contributed by atoms with van der Waals surface area (Å²) in [6.45, 7) is 5.50. The van der Waals surface area contributed by atoms with Crippen molar-refractivity contribution in [1.29, 1.82) is 0 Å². The molecule has 128 valence electrons. The van der Waals surface area contributed by atoms with Gasteiger partial charge in [0.1, 0.15) is 18.3 Å². The van der Waals surface area contributed by atoms with E-state index >= 15 is 0 Å². The molecular weight excluding hydrogens is 274 g/mol. The molecule has 0 saturated carbocycles. The fourth-order valence-corrected chi connectivity index (χ4v) is 2.20. The topological polar surface area (TPSA) is 104 Å². The normalized spacial score (nSPS) is 17.7.